The zero-order valence-electron chi connectivity index (χ0n) is 11.3. The molecule has 5 nitrogen and oxygen atoms in total. The van der Waals surface area contributed by atoms with Crippen molar-refractivity contribution < 1.29 is 18.3 Å². The first-order valence-corrected chi connectivity index (χ1v) is 8.51. The Morgan fingerprint density at radius 3 is 2.53 bits per heavy atom. The van der Waals surface area contributed by atoms with Crippen molar-refractivity contribution in [3.05, 3.63) is 15.8 Å². The maximum atomic E-state index is 12.7. The third-order valence-corrected chi connectivity index (χ3v) is 6.40. The standard InChI is InChI=1S/C12H19NO4S2/c1-8-7-18-11(6-14)12(8)19(15,16)13-4-9(2)17-10(3)5-13/h7,9-10,14H,4-6H2,1-3H3. The molecule has 1 aliphatic rings. The predicted molar refractivity (Wildman–Crippen MR) is 73.7 cm³/mol. The quantitative estimate of drug-likeness (QED) is 0.915. The highest BCUT2D eigenvalue weighted by molar-refractivity contribution is 7.89. The van der Waals surface area contributed by atoms with Crippen LogP contribution in [0.25, 0.3) is 0 Å². The summed E-state index contributed by atoms with van der Waals surface area (Å²) < 4.78 is 32.4. The van der Waals surface area contributed by atoms with Gasteiger partial charge in [-0.05, 0) is 31.7 Å². The predicted octanol–water partition coefficient (Wildman–Crippen LogP) is 1.35. The van der Waals surface area contributed by atoms with Crippen molar-refractivity contribution in [2.24, 2.45) is 0 Å². The molecule has 1 aromatic rings. The van der Waals surface area contributed by atoms with Crippen LogP contribution in [0.5, 0.6) is 0 Å². The Bertz CT molecular complexity index is 542. The monoisotopic (exact) mass is 305 g/mol. The van der Waals surface area contributed by atoms with Crippen molar-refractivity contribution in [1.82, 2.24) is 4.31 Å². The van der Waals surface area contributed by atoms with Gasteiger partial charge in [-0.15, -0.1) is 11.3 Å². The van der Waals surface area contributed by atoms with Crippen LogP contribution in [0.2, 0.25) is 0 Å². The van der Waals surface area contributed by atoms with Gasteiger partial charge in [0.25, 0.3) is 0 Å². The summed E-state index contributed by atoms with van der Waals surface area (Å²) in [6.45, 7) is 5.95. The molecule has 19 heavy (non-hydrogen) atoms. The molecule has 1 aromatic heterocycles. The van der Waals surface area contributed by atoms with Crippen molar-refractivity contribution in [2.75, 3.05) is 13.1 Å². The maximum absolute atomic E-state index is 12.7. The number of aliphatic hydroxyl groups excluding tert-OH is 1. The molecule has 2 unspecified atom stereocenters. The third-order valence-electron chi connectivity index (χ3n) is 3.12. The summed E-state index contributed by atoms with van der Waals surface area (Å²) in [6.07, 6.45) is -0.231. The summed E-state index contributed by atoms with van der Waals surface area (Å²) in [5.74, 6) is 0. The van der Waals surface area contributed by atoms with Crippen LogP contribution in [0.15, 0.2) is 10.3 Å². The fourth-order valence-electron chi connectivity index (χ4n) is 2.40. The Morgan fingerprint density at radius 2 is 2.00 bits per heavy atom. The van der Waals surface area contributed by atoms with E-state index >= 15 is 0 Å². The lowest BCUT2D eigenvalue weighted by atomic mass is 10.3. The Morgan fingerprint density at radius 1 is 1.42 bits per heavy atom. The van der Waals surface area contributed by atoms with Gasteiger partial charge in [-0.2, -0.15) is 4.31 Å². The third kappa shape index (κ3) is 2.85. The molecule has 1 saturated heterocycles. The van der Waals surface area contributed by atoms with Gasteiger partial charge < -0.3 is 9.84 Å². The lowest BCUT2D eigenvalue weighted by Gasteiger charge is -2.34. The molecule has 0 aromatic carbocycles. The summed E-state index contributed by atoms with van der Waals surface area (Å²) >= 11 is 1.28. The Labute approximate surface area is 117 Å². The number of aryl methyl sites for hydroxylation is 1. The van der Waals surface area contributed by atoms with Crippen LogP contribution >= 0.6 is 11.3 Å². The van der Waals surface area contributed by atoms with Crippen LogP contribution < -0.4 is 0 Å². The molecular formula is C12H19NO4S2. The van der Waals surface area contributed by atoms with E-state index in [4.69, 9.17) is 4.74 Å². The molecule has 7 heteroatoms. The zero-order chi connectivity index (χ0) is 14.2. The molecule has 108 valence electrons. The maximum Gasteiger partial charge on any atom is 0.244 e. The molecule has 0 amide bonds. The highest BCUT2D eigenvalue weighted by Gasteiger charge is 2.34. The first-order valence-electron chi connectivity index (χ1n) is 6.19. The average Bonchev–Trinajstić information content (AvgIpc) is 2.69. The largest absolute Gasteiger partial charge is 0.391 e. The van der Waals surface area contributed by atoms with Crippen LogP contribution in [-0.4, -0.2) is 43.1 Å². The molecular weight excluding hydrogens is 286 g/mol. The summed E-state index contributed by atoms with van der Waals surface area (Å²) in [7, 11) is -3.55. The number of hydrogen-bond donors (Lipinski definition) is 1. The van der Waals surface area contributed by atoms with Gasteiger partial charge in [0.1, 0.15) is 4.90 Å². The number of hydrogen-bond acceptors (Lipinski definition) is 5. The van der Waals surface area contributed by atoms with Gasteiger partial charge in [-0.3, -0.25) is 0 Å². The number of aliphatic hydroxyl groups is 1. The first-order chi connectivity index (χ1) is 8.86. The second kappa shape index (κ2) is 5.49. The van der Waals surface area contributed by atoms with Gasteiger partial charge in [0.05, 0.1) is 23.7 Å². The number of rotatable bonds is 3. The number of morpholine rings is 1. The smallest absolute Gasteiger partial charge is 0.244 e. The minimum Gasteiger partial charge on any atom is -0.391 e. The molecule has 1 aliphatic heterocycles. The minimum atomic E-state index is -3.55. The van der Waals surface area contributed by atoms with Crippen molar-refractivity contribution in [3.63, 3.8) is 0 Å². The molecule has 2 atom stereocenters. The Hall–Kier alpha value is -0.470. The van der Waals surface area contributed by atoms with Gasteiger partial charge >= 0.3 is 0 Å². The van der Waals surface area contributed by atoms with Crippen LogP contribution in [0.1, 0.15) is 24.3 Å². The minimum absolute atomic E-state index is 0.116. The molecule has 0 aliphatic carbocycles. The van der Waals surface area contributed by atoms with E-state index in [1.807, 2.05) is 13.8 Å². The van der Waals surface area contributed by atoms with E-state index in [2.05, 4.69) is 0 Å². The van der Waals surface area contributed by atoms with E-state index in [1.165, 1.54) is 15.6 Å². The molecule has 2 heterocycles. The van der Waals surface area contributed by atoms with Gasteiger partial charge in [0, 0.05) is 13.1 Å². The van der Waals surface area contributed by atoms with Gasteiger partial charge in [0.15, 0.2) is 0 Å². The van der Waals surface area contributed by atoms with E-state index in [-0.39, 0.29) is 23.7 Å². The summed E-state index contributed by atoms with van der Waals surface area (Å²) in [5, 5.41) is 11.1. The van der Waals surface area contributed by atoms with E-state index < -0.39 is 10.0 Å². The molecule has 0 bridgehead atoms. The number of thiophene rings is 1. The number of ether oxygens (including phenoxy) is 1. The normalized spacial score (nSPS) is 25.7. The van der Waals surface area contributed by atoms with E-state index in [0.717, 1.165) is 0 Å². The van der Waals surface area contributed by atoms with Crippen molar-refractivity contribution in [3.8, 4) is 0 Å². The van der Waals surface area contributed by atoms with Crippen LogP contribution in [0.3, 0.4) is 0 Å². The first kappa shape index (κ1) is 14.9. The highest BCUT2D eigenvalue weighted by atomic mass is 32.2. The lowest BCUT2D eigenvalue weighted by Crippen LogP contribution is -2.48. The molecule has 1 fully saturated rings. The van der Waals surface area contributed by atoms with Crippen LogP contribution in [0, 0.1) is 6.92 Å². The average molecular weight is 305 g/mol. The highest BCUT2D eigenvalue weighted by Crippen LogP contribution is 2.30. The van der Waals surface area contributed by atoms with Crippen molar-refractivity contribution >= 4 is 21.4 Å². The second-order valence-electron chi connectivity index (χ2n) is 4.91. The zero-order valence-corrected chi connectivity index (χ0v) is 12.9. The topological polar surface area (TPSA) is 66.8 Å². The van der Waals surface area contributed by atoms with Gasteiger partial charge in [-0.25, -0.2) is 8.42 Å². The Kier molecular flexibility index (Phi) is 4.32. The number of nitrogens with zero attached hydrogens (tertiary/aromatic N) is 1. The van der Waals surface area contributed by atoms with Crippen molar-refractivity contribution in [2.45, 2.75) is 44.5 Å². The van der Waals surface area contributed by atoms with Crippen LogP contribution in [-0.2, 0) is 21.4 Å². The molecule has 0 radical (unpaired) electrons. The fourth-order valence-corrected chi connectivity index (χ4v) is 5.60. The van der Waals surface area contributed by atoms with Crippen molar-refractivity contribution in [1.29, 1.82) is 0 Å². The summed E-state index contributed by atoms with van der Waals surface area (Å²) in [4.78, 5) is 0.769. The lowest BCUT2D eigenvalue weighted by molar-refractivity contribution is -0.0441. The number of sulfonamides is 1. The van der Waals surface area contributed by atoms with E-state index in [9.17, 15) is 13.5 Å². The SMILES string of the molecule is Cc1csc(CO)c1S(=O)(=O)N1CC(C)OC(C)C1. The van der Waals surface area contributed by atoms with E-state index in [0.29, 0.717) is 23.5 Å². The van der Waals surface area contributed by atoms with Gasteiger partial charge in [-0.1, -0.05) is 0 Å². The van der Waals surface area contributed by atoms with Crippen LogP contribution in [0.4, 0.5) is 0 Å². The molecule has 2 rings (SSSR count). The van der Waals surface area contributed by atoms with Gasteiger partial charge in [0.2, 0.25) is 10.0 Å². The summed E-state index contributed by atoms with van der Waals surface area (Å²) in [5.41, 5.74) is 0.695. The molecule has 1 N–H and O–H groups in total. The summed E-state index contributed by atoms with van der Waals surface area (Å²) in [6, 6.07) is 0. The molecule has 0 spiro atoms. The Balaban J connectivity index is 2.39. The fraction of sp³-hybridized carbons (Fsp3) is 0.667. The second-order valence-corrected chi connectivity index (χ2v) is 7.75. The van der Waals surface area contributed by atoms with E-state index in [1.54, 1.807) is 12.3 Å². The molecule has 0 saturated carbocycles.